The van der Waals surface area contributed by atoms with Gasteiger partial charge in [-0.25, -0.2) is 29.5 Å². The van der Waals surface area contributed by atoms with Crippen LogP contribution in [0.5, 0.6) is 0 Å². The molecule has 12 nitrogen and oxygen atoms in total. The predicted octanol–water partition coefficient (Wildman–Crippen LogP) is 7.15. The summed E-state index contributed by atoms with van der Waals surface area (Å²) in [7, 11) is 0. The lowest BCUT2D eigenvalue weighted by Crippen LogP contribution is -2.58. The first kappa shape index (κ1) is 30.3. The quantitative estimate of drug-likeness (QED) is 0.179. The van der Waals surface area contributed by atoms with E-state index in [1.807, 2.05) is 6.20 Å². The largest absolute Gasteiger partial charge is 0.465 e. The third kappa shape index (κ3) is 4.87. The van der Waals surface area contributed by atoms with E-state index < -0.39 is 23.1 Å². The molecule has 0 radical (unpaired) electrons. The molecule has 4 aromatic rings. The Morgan fingerprint density at radius 3 is 2.02 bits per heavy atom. The lowest BCUT2D eigenvalue weighted by atomic mass is 9.59. The lowest BCUT2D eigenvalue weighted by Gasteiger charge is -2.52. The molecule has 2 aliphatic heterocycles. The predicted molar refractivity (Wildman–Crippen MR) is 169 cm³/mol. The number of H-pyrrole nitrogens is 2. The van der Waals surface area contributed by atoms with Gasteiger partial charge >= 0.3 is 12.2 Å². The van der Waals surface area contributed by atoms with Gasteiger partial charge in [-0.3, -0.25) is 9.80 Å². The first-order valence-electron chi connectivity index (χ1n) is 14.7. The normalized spacial score (nSPS) is 22.7. The Kier molecular flexibility index (Phi) is 7.35. The molecule has 0 aromatic carbocycles. The third-order valence-electron chi connectivity index (χ3n) is 9.05. The zero-order chi connectivity index (χ0) is 31.6. The highest BCUT2D eigenvalue weighted by atomic mass is 32.1. The van der Waals surface area contributed by atoms with E-state index >= 15 is 0 Å². The van der Waals surface area contributed by atoms with E-state index in [0.717, 1.165) is 50.4 Å². The summed E-state index contributed by atoms with van der Waals surface area (Å²) in [5, 5.41) is 21.3. The van der Waals surface area contributed by atoms with Crippen molar-refractivity contribution in [2.45, 2.75) is 72.4 Å². The van der Waals surface area contributed by atoms with Gasteiger partial charge in [0, 0.05) is 25.5 Å². The summed E-state index contributed by atoms with van der Waals surface area (Å²) in [4.78, 5) is 54.5. The van der Waals surface area contributed by atoms with E-state index in [2.05, 4.69) is 66.5 Å². The number of aromatic amines is 2. The molecule has 0 aliphatic carbocycles. The van der Waals surface area contributed by atoms with Crippen molar-refractivity contribution >= 4 is 34.9 Å². The van der Waals surface area contributed by atoms with E-state index in [0.29, 0.717) is 24.7 Å². The smallest absolute Gasteiger partial charge is 0.408 e. The summed E-state index contributed by atoms with van der Waals surface area (Å²) < 4.78 is 0. The fraction of sp³-hybridized carbons (Fsp3) is 0.533. The first-order chi connectivity index (χ1) is 20.7. The van der Waals surface area contributed by atoms with Crippen LogP contribution >= 0.6 is 22.7 Å². The number of hydrogen-bond acceptors (Lipinski definition) is 8. The number of nitrogens with one attached hydrogen (secondary N) is 2. The van der Waals surface area contributed by atoms with Crippen molar-refractivity contribution < 1.29 is 19.8 Å². The van der Waals surface area contributed by atoms with Gasteiger partial charge < -0.3 is 20.2 Å². The highest BCUT2D eigenvalue weighted by Gasteiger charge is 2.63. The van der Waals surface area contributed by atoms with Crippen molar-refractivity contribution in [1.82, 2.24) is 39.7 Å². The number of aromatic nitrogens is 6. The second-order valence-corrected chi connectivity index (χ2v) is 15.7. The average molecular weight is 639 g/mol. The molecular formula is C30H38N8O4S2. The van der Waals surface area contributed by atoms with E-state index in [-0.39, 0.29) is 17.4 Å². The summed E-state index contributed by atoms with van der Waals surface area (Å²) >= 11 is 3.02. The number of likely N-dealkylation sites (tertiary alicyclic amines) is 2. The molecule has 2 fully saturated rings. The van der Waals surface area contributed by atoms with Crippen LogP contribution in [0.1, 0.15) is 78.5 Å². The van der Waals surface area contributed by atoms with Crippen molar-refractivity contribution in [1.29, 1.82) is 0 Å². The number of imidazole rings is 2. The molecule has 2 aliphatic rings. The maximum atomic E-state index is 12.6. The fourth-order valence-corrected chi connectivity index (χ4v) is 9.08. The van der Waals surface area contributed by atoms with Crippen molar-refractivity contribution in [3.05, 3.63) is 36.4 Å². The Labute approximate surface area is 263 Å². The molecule has 44 heavy (non-hydrogen) atoms. The molecule has 1 unspecified atom stereocenters. The van der Waals surface area contributed by atoms with Crippen LogP contribution in [0, 0.1) is 16.7 Å². The number of carboxylic acid groups (broad SMARTS) is 2. The minimum absolute atomic E-state index is 0.0523. The standard InChI is InChI=1S/C30H38N8O4S2/c1-28(2,3)21-9-11-38(27(41)42)30(21,29(4,5)6)25-34-13-17(36-25)24-33-15-20(44-24)19-14-32-23(43-19)16-12-31-22(35-16)18-8-7-10-37(18)26(39)40/h12-15,18,21H,7-11H2,1-6H3,(H,31,35)(H,34,36)(H,39,40)(H,41,42)/t18-,21?,30+/m0/s1. The number of amides is 2. The summed E-state index contributed by atoms with van der Waals surface area (Å²) in [5.41, 5.74) is 0.0673. The maximum Gasteiger partial charge on any atom is 0.408 e. The molecule has 4 aromatic heterocycles. The second kappa shape index (κ2) is 10.7. The molecule has 6 heterocycles. The molecule has 4 N–H and O–H groups in total. The topological polar surface area (TPSA) is 164 Å². The van der Waals surface area contributed by atoms with Crippen LogP contribution in [0.25, 0.3) is 31.2 Å². The zero-order valence-electron chi connectivity index (χ0n) is 25.7. The van der Waals surface area contributed by atoms with Crippen LogP contribution < -0.4 is 0 Å². The van der Waals surface area contributed by atoms with Crippen LogP contribution in [0.3, 0.4) is 0 Å². The van der Waals surface area contributed by atoms with Gasteiger partial charge in [-0.1, -0.05) is 41.5 Å². The van der Waals surface area contributed by atoms with Gasteiger partial charge in [0.05, 0.1) is 39.6 Å². The summed E-state index contributed by atoms with van der Waals surface area (Å²) in [6.45, 7) is 13.8. The summed E-state index contributed by atoms with van der Waals surface area (Å²) in [6, 6.07) is -0.271. The van der Waals surface area contributed by atoms with Crippen LogP contribution in [0.15, 0.2) is 24.8 Å². The second-order valence-electron chi connectivity index (χ2n) is 13.7. The first-order valence-corrected chi connectivity index (χ1v) is 16.4. The average Bonchev–Trinajstić information content (AvgIpc) is 3.77. The maximum absolute atomic E-state index is 12.6. The molecule has 0 spiro atoms. The molecule has 0 saturated carbocycles. The summed E-state index contributed by atoms with van der Waals surface area (Å²) in [5.74, 6) is 1.34. The third-order valence-corrected chi connectivity index (χ3v) is 11.3. The molecule has 14 heteroatoms. The number of thiazole rings is 2. The monoisotopic (exact) mass is 638 g/mol. The highest BCUT2D eigenvalue weighted by molar-refractivity contribution is 7.24. The molecule has 3 atom stereocenters. The number of nitrogens with zero attached hydrogens (tertiary/aromatic N) is 6. The van der Waals surface area contributed by atoms with Crippen LogP contribution in [-0.2, 0) is 5.54 Å². The van der Waals surface area contributed by atoms with Gasteiger partial charge in [0.25, 0.3) is 0 Å². The van der Waals surface area contributed by atoms with Gasteiger partial charge in [-0.15, -0.1) is 22.7 Å². The Morgan fingerprint density at radius 1 is 0.841 bits per heavy atom. The van der Waals surface area contributed by atoms with Crippen LogP contribution in [0.2, 0.25) is 0 Å². The minimum Gasteiger partial charge on any atom is -0.465 e. The Balaban J connectivity index is 1.28. The van der Waals surface area contributed by atoms with Crippen LogP contribution in [0.4, 0.5) is 9.59 Å². The molecule has 2 amide bonds. The number of rotatable bonds is 5. The van der Waals surface area contributed by atoms with E-state index in [9.17, 15) is 19.8 Å². The van der Waals surface area contributed by atoms with Gasteiger partial charge in [-0.2, -0.15) is 0 Å². The lowest BCUT2D eigenvalue weighted by molar-refractivity contribution is -0.0404. The number of hydrogen-bond donors (Lipinski definition) is 4. The van der Waals surface area contributed by atoms with Gasteiger partial charge in [0.1, 0.15) is 27.2 Å². The number of carbonyl (C=O) groups is 2. The minimum atomic E-state index is -0.936. The Hall–Kier alpha value is -3.78. The summed E-state index contributed by atoms with van der Waals surface area (Å²) in [6.07, 6.45) is 7.53. The van der Waals surface area contributed by atoms with E-state index in [4.69, 9.17) is 4.98 Å². The highest BCUT2D eigenvalue weighted by Crippen LogP contribution is 2.59. The molecule has 6 rings (SSSR count). The molecule has 234 valence electrons. The van der Waals surface area contributed by atoms with E-state index in [1.54, 1.807) is 23.5 Å². The molecular weight excluding hydrogens is 601 g/mol. The Morgan fingerprint density at radius 2 is 1.45 bits per heavy atom. The van der Waals surface area contributed by atoms with Crippen molar-refractivity contribution in [2.75, 3.05) is 13.1 Å². The molecule has 0 bridgehead atoms. The molecule has 2 saturated heterocycles. The van der Waals surface area contributed by atoms with Gasteiger partial charge in [-0.05, 0) is 36.0 Å². The SMILES string of the molecule is CC(C)(C)C1CCN(C(=O)O)[C@]1(c1ncc(-c2ncc(-c3cnc(-c4cnc([C@@H]5CCCN5C(=O)O)[nH]4)s3)s2)[nH]1)C(C)(C)C. The van der Waals surface area contributed by atoms with Crippen LogP contribution in [-0.4, -0.2) is 75.2 Å². The van der Waals surface area contributed by atoms with Crippen molar-refractivity contribution in [3.8, 4) is 31.2 Å². The fourth-order valence-electron chi connectivity index (χ4n) is 7.26. The van der Waals surface area contributed by atoms with Crippen molar-refractivity contribution in [2.24, 2.45) is 16.7 Å². The Bertz CT molecular complexity index is 1690. The van der Waals surface area contributed by atoms with Gasteiger partial charge in [0.2, 0.25) is 0 Å². The van der Waals surface area contributed by atoms with E-state index in [1.165, 1.54) is 27.6 Å². The van der Waals surface area contributed by atoms with Gasteiger partial charge in [0.15, 0.2) is 0 Å². The van der Waals surface area contributed by atoms with Crippen molar-refractivity contribution in [3.63, 3.8) is 0 Å². The zero-order valence-corrected chi connectivity index (χ0v) is 27.3.